The zero-order valence-electron chi connectivity index (χ0n) is 12.0. The predicted octanol–water partition coefficient (Wildman–Crippen LogP) is 3.57. The van der Waals surface area contributed by atoms with Crippen LogP contribution in [0.3, 0.4) is 0 Å². The molecular weight excluding hydrogens is 266 g/mol. The summed E-state index contributed by atoms with van der Waals surface area (Å²) in [6.07, 6.45) is 0.523. The lowest BCUT2D eigenvalue weighted by atomic mass is 9.99. The summed E-state index contributed by atoms with van der Waals surface area (Å²) in [5.41, 5.74) is 3.56. The maximum absolute atomic E-state index is 10.0. The smallest absolute Gasteiger partial charge is 0.158 e. The van der Waals surface area contributed by atoms with Crippen molar-refractivity contribution in [2.45, 2.75) is 19.4 Å². The van der Waals surface area contributed by atoms with Gasteiger partial charge in [0.15, 0.2) is 6.10 Å². The van der Waals surface area contributed by atoms with Gasteiger partial charge in [-0.05, 0) is 42.3 Å². The maximum Gasteiger partial charge on any atom is 0.158 e. The number of ether oxygens (including phenoxy) is 1. The van der Waals surface area contributed by atoms with Crippen LogP contribution in [0.4, 0.5) is 0 Å². The first-order chi connectivity index (χ1) is 10.2. The van der Waals surface area contributed by atoms with Crippen LogP contribution in [-0.2, 0) is 4.84 Å². The highest BCUT2D eigenvalue weighted by Gasteiger charge is 2.25. The first-order valence-corrected chi connectivity index (χ1v) is 6.84. The molecule has 0 amide bonds. The summed E-state index contributed by atoms with van der Waals surface area (Å²) in [5.74, 6) is 1.06. The van der Waals surface area contributed by atoms with E-state index in [2.05, 4.69) is 5.16 Å². The first-order valence-electron chi connectivity index (χ1n) is 6.84. The molecule has 1 atom stereocenters. The zero-order valence-corrected chi connectivity index (χ0v) is 12.0. The molecule has 1 aliphatic rings. The highest BCUT2D eigenvalue weighted by atomic mass is 16.6. The number of phenols is 1. The number of aromatic hydroxyl groups is 1. The summed E-state index contributed by atoms with van der Waals surface area (Å²) < 4.78 is 5.15. The van der Waals surface area contributed by atoms with Crippen molar-refractivity contribution in [2.75, 3.05) is 7.11 Å². The van der Waals surface area contributed by atoms with Crippen molar-refractivity contribution in [3.63, 3.8) is 0 Å². The molecule has 2 aromatic rings. The topological polar surface area (TPSA) is 51.0 Å². The molecule has 0 aromatic heterocycles. The summed E-state index contributed by atoms with van der Waals surface area (Å²) in [4.78, 5) is 5.50. The zero-order chi connectivity index (χ0) is 14.8. The van der Waals surface area contributed by atoms with Gasteiger partial charge in [-0.2, -0.15) is 0 Å². The third kappa shape index (κ3) is 2.70. The van der Waals surface area contributed by atoms with E-state index < -0.39 is 0 Å². The summed E-state index contributed by atoms with van der Waals surface area (Å²) in [6, 6.07) is 13.3. The van der Waals surface area contributed by atoms with Crippen LogP contribution in [0.2, 0.25) is 0 Å². The number of phenolic OH excluding ortho intramolecular Hbond substituents is 1. The van der Waals surface area contributed by atoms with E-state index in [0.29, 0.717) is 6.42 Å². The molecule has 1 heterocycles. The Morgan fingerprint density at radius 1 is 1.19 bits per heavy atom. The molecule has 3 rings (SSSR count). The van der Waals surface area contributed by atoms with E-state index in [0.717, 1.165) is 28.2 Å². The van der Waals surface area contributed by atoms with E-state index in [1.807, 2.05) is 43.3 Å². The third-order valence-electron chi connectivity index (χ3n) is 3.62. The van der Waals surface area contributed by atoms with Crippen molar-refractivity contribution in [2.24, 2.45) is 5.16 Å². The fourth-order valence-electron chi connectivity index (χ4n) is 2.42. The van der Waals surface area contributed by atoms with Crippen molar-refractivity contribution in [3.05, 3.63) is 59.2 Å². The molecule has 0 radical (unpaired) electrons. The summed E-state index contributed by atoms with van der Waals surface area (Å²) in [5, 5.41) is 14.1. The number of benzene rings is 2. The number of oxime groups is 1. The van der Waals surface area contributed by atoms with Gasteiger partial charge in [0, 0.05) is 12.0 Å². The summed E-state index contributed by atoms with van der Waals surface area (Å²) >= 11 is 0. The Morgan fingerprint density at radius 2 is 1.95 bits per heavy atom. The second-order valence-corrected chi connectivity index (χ2v) is 5.13. The van der Waals surface area contributed by atoms with Crippen LogP contribution < -0.4 is 4.74 Å². The molecule has 0 bridgehead atoms. The number of aryl methyl sites for hydroxylation is 1. The van der Waals surface area contributed by atoms with E-state index in [1.165, 1.54) is 0 Å². The molecule has 4 heteroatoms. The van der Waals surface area contributed by atoms with Crippen LogP contribution >= 0.6 is 0 Å². The molecule has 2 aromatic carbocycles. The summed E-state index contributed by atoms with van der Waals surface area (Å²) in [7, 11) is 1.64. The lowest BCUT2D eigenvalue weighted by Gasteiger charge is -2.09. The summed E-state index contributed by atoms with van der Waals surface area (Å²) in [6.45, 7) is 1.94. The molecule has 21 heavy (non-hydrogen) atoms. The highest BCUT2D eigenvalue weighted by molar-refractivity contribution is 6.03. The second kappa shape index (κ2) is 5.48. The molecule has 1 aliphatic heterocycles. The minimum Gasteiger partial charge on any atom is -0.507 e. The maximum atomic E-state index is 10.0. The Balaban J connectivity index is 1.77. The highest BCUT2D eigenvalue weighted by Crippen LogP contribution is 2.32. The van der Waals surface area contributed by atoms with Crippen molar-refractivity contribution >= 4 is 5.71 Å². The minimum absolute atomic E-state index is 0.119. The standard InChI is InChI=1S/C17H17NO3/c1-11-3-8-14(16(19)9-11)15-10-17(21-18-15)12-4-6-13(20-2)7-5-12/h3-9,17,19H,10H2,1-2H3. The van der Waals surface area contributed by atoms with Crippen LogP contribution in [0, 0.1) is 6.92 Å². The average Bonchev–Trinajstić information content (AvgIpc) is 2.97. The largest absolute Gasteiger partial charge is 0.507 e. The fourth-order valence-corrected chi connectivity index (χ4v) is 2.42. The Kier molecular flexibility index (Phi) is 3.52. The van der Waals surface area contributed by atoms with Gasteiger partial charge in [0.2, 0.25) is 0 Å². The average molecular weight is 283 g/mol. The molecule has 0 aliphatic carbocycles. The number of hydrogen-bond acceptors (Lipinski definition) is 4. The monoisotopic (exact) mass is 283 g/mol. The molecule has 0 saturated heterocycles. The van der Waals surface area contributed by atoms with Crippen molar-refractivity contribution in [1.82, 2.24) is 0 Å². The predicted molar refractivity (Wildman–Crippen MR) is 80.8 cm³/mol. The number of hydrogen-bond donors (Lipinski definition) is 1. The number of nitrogens with zero attached hydrogens (tertiary/aromatic N) is 1. The molecule has 0 spiro atoms. The van der Waals surface area contributed by atoms with Crippen LogP contribution in [0.25, 0.3) is 0 Å². The van der Waals surface area contributed by atoms with Gasteiger partial charge in [0.1, 0.15) is 11.5 Å². The fraction of sp³-hybridized carbons (Fsp3) is 0.235. The number of rotatable bonds is 3. The second-order valence-electron chi connectivity index (χ2n) is 5.13. The van der Waals surface area contributed by atoms with Gasteiger partial charge >= 0.3 is 0 Å². The molecule has 108 valence electrons. The Morgan fingerprint density at radius 3 is 2.62 bits per heavy atom. The SMILES string of the molecule is COc1ccc(C2CC(c3ccc(C)cc3O)=NO2)cc1. The quantitative estimate of drug-likeness (QED) is 0.936. The third-order valence-corrected chi connectivity index (χ3v) is 3.62. The van der Waals surface area contributed by atoms with Gasteiger partial charge in [0.05, 0.1) is 12.8 Å². The molecule has 1 N–H and O–H groups in total. The lowest BCUT2D eigenvalue weighted by molar-refractivity contribution is 0.0857. The van der Waals surface area contributed by atoms with E-state index >= 15 is 0 Å². The van der Waals surface area contributed by atoms with Gasteiger partial charge in [-0.15, -0.1) is 0 Å². The van der Waals surface area contributed by atoms with Gasteiger partial charge in [-0.25, -0.2) is 0 Å². The van der Waals surface area contributed by atoms with E-state index in [9.17, 15) is 5.11 Å². The van der Waals surface area contributed by atoms with E-state index in [4.69, 9.17) is 9.57 Å². The van der Waals surface area contributed by atoms with Crippen LogP contribution in [0.5, 0.6) is 11.5 Å². The van der Waals surface area contributed by atoms with Crippen molar-refractivity contribution < 1.29 is 14.7 Å². The molecular formula is C17H17NO3. The number of methoxy groups -OCH3 is 1. The molecule has 4 nitrogen and oxygen atoms in total. The van der Waals surface area contributed by atoms with Gasteiger partial charge in [-0.3, -0.25) is 0 Å². The first kappa shape index (κ1) is 13.5. The Labute approximate surface area is 123 Å². The van der Waals surface area contributed by atoms with Gasteiger partial charge < -0.3 is 14.7 Å². The van der Waals surface area contributed by atoms with Crippen LogP contribution in [0.15, 0.2) is 47.6 Å². The minimum atomic E-state index is -0.119. The molecule has 1 unspecified atom stereocenters. The van der Waals surface area contributed by atoms with Gasteiger partial charge in [-0.1, -0.05) is 23.4 Å². The van der Waals surface area contributed by atoms with Crippen LogP contribution in [0.1, 0.15) is 29.2 Å². The Bertz CT molecular complexity index is 677. The van der Waals surface area contributed by atoms with Gasteiger partial charge in [0.25, 0.3) is 0 Å². The normalized spacial score (nSPS) is 17.2. The van der Waals surface area contributed by atoms with Crippen molar-refractivity contribution in [3.8, 4) is 11.5 Å². The lowest BCUT2D eigenvalue weighted by Crippen LogP contribution is -2.02. The Hall–Kier alpha value is -2.49. The van der Waals surface area contributed by atoms with E-state index in [-0.39, 0.29) is 11.9 Å². The molecule has 0 saturated carbocycles. The van der Waals surface area contributed by atoms with E-state index in [1.54, 1.807) is 13.2 Å². The molecule has 0 fully saturated rings. The van der Waals surface area contributed by atoms with Crippen LogP contribution in [-0.4, -0.2) is 17.9 Å². The van der Waals surface area contributed by atoms with Crippen molar-refractivity contribution in [1.29, 1.82) is 0 Å².